The van der Waals surface area contributed by atoms with Gasteiger partial charge in [-0.1, -0.05) is 24.3 Å². The average Bonchev–Trinajstić information content (AvgIpc) is 2.76. The van der Waals surface area contributed by atoms with E-state index >= 15 is 0 Å². The summed E-state index contributed by atoms with van der Waals surface area (Å²) < 4.78 is 0. The summed E-state index contributed by atoms with van der Waals surface area (Å²) in [6.07, 6.45) is 3.09. The van der Waals surface area contributed by atoms with Gasteiger partial charge in [0, 0.05) is 13.0 Å². The van der Waals surface area contributed by atoms with Crippen LogP contribution in [0.4, 0.5) is 0 Å². The molecule has 1 aliphatic heterocycles. The number of carboxylic acids is 1. The van der Waals surface area contributed by atoms with Gasteiger partial charge in [-0.3, -0.25) is 4.79 Å². The number of likely N-dealkylation sites (N-methyl/N-ethyl adjacent to an activating group) is 1. The van der Waals surface area contributed by atoms with Gasteiger partial charge in [-0.2, -0.15) is 0 Å². The second-order valence-electron chi connectivity index (χ2n) is 5.19. The van der Waals surface area contributed by atoms with Gasteiger partial charge in [0.15, 0.2) is 0 Å². The first-order valence-electron chi connectivity index (χ1n) is 6.65. The fourth-order valence-corrected chi connectivity index (χ4v) is 2.78. The molecule has 0 bridgehead atoms. The van der Waals surface area contributed by atoms with Crippen LogP contribution in [-0.2, 0) is 11.2 Å². The predicted molar refractivity (Wildman–Crippen MR) is 71.9 cm³/mol. The Morgan fingerprint density at radius 3 is 2.89 bits per heavy atom. The first-order valence-corrected chi connectivity index (χ1v) is 6.65. The Bertz CT molecular complexity index is 417. The summed E-state index contributed by atoms with van der Waals surface area (Å²) in [7, 11) is 2.16. The Balaban J connectivity index is 2.03. The van der Waals surface area contributed by atoms with Gasteiger partial charge in [0.05, 0.1) is 0 Å². The van der Waals surface area contributed by atoms with Crippen LogP contribution in [0.25, 0.3) is 0 Å². The summed E-state index contributed by atoms with van der Waals surface area (Å²) in [5.74, 6) is -0.0795. The molecule has 0 amide bonds. The monoisotopic (exact) mass is 247 g/mol. The van der Waals surface area contributed by atoms with Crippen molar-refractivity contribution >= 4 is 5.97 Å². The molecule has 2 rings (SSSR count). The molecule has 3 heteroatoms. The summed E-state index contributed by atoms with van der Waals surface area (Å²) in [6.45, 7) is 2.28. The van der Waals surface area contributed by atoms with Crippen molar-refractivity contribution in [3.63, 3.8) is 0 Å². The Hall–Kier alpha value is -1.35. The summed E-state index contributed by atoms with van der Waals surface area (Å²) >= 11 is 0. The molecule has 1 unspecified atom stereocenters. The summed E-state index contributed by atoms with van der Waals surface area (Å²) in [5, 5.41) is 8.70. The molecule has 18 heavy (non-hydrogen) atoms. The molecule has 1 aromatic carbocycles. The van der Waals surface area contributed by atoms with Crippen LogP contribution >= 0.6 is 0 Å². The Morgan fingerprint density at radius 1 is 1.44 bits per heavy atom. The molecule has 0 radical (unpaired) electrons. The minimum Gasteiger partial charge on any atom is -0.481 e. The van der Waals surface area contributed by atoms with Crippen molar-refractivity contribution in [3.05, 3.63) is 35.4 Å². The zero-order chi connectivity index (χ0) is 13.0. The van der Waals surface area contributed by atoms with Crippen molar-refractivity contribution in [2.24, 2.45) is 0 Å². The first kappa shape index (κ1) is 13.1. The predicted octanol–water partition coefficient (Wildman–Crippen LogP) is 2.51. The molecular formula is C15H21NO2. The lowest BCUT2D eigenvalue weighted by atomic mass is 9.91. The molecule has 0 aromatic heterocycles. The topological polar surface area (TPSA) is 40.5 Å². The van der Waals surface area contributed by atoms with Crippen LogP contribution in [0.1, 0.15) is 36.3 Å². The molecule has 0 saturated carbocycles. The third kappa shape index (κ3) is 3.33. The molecule has 3 nitrogen and oxygen atoms in total. The number of rotatable bonds is 5. The van der Waals surface area contributed by atoms with Crippen molar-refractivity contribution in [1.29, 1.82) is 0 Å². The van der Waals surface area contributed by atoms with Gasteiger partial charge in [-0.05, 0) is 49.9 Å². The standard InChI is InChI=1S/C15H21NO2/c1-16-10-9-13(11-16)14-7-3-2-5-12(14)6-4-8-15(17)18/h2-3,5,7,13H,4,6,8-11H2,1H3,(H,17,18). The van der Waals surface area contributed by atoms with Crippen LogP contribution in [0.3, 0.4) is 0 Å². The normalized spacial score (nSPS) is 20.2. The molecule has 1 aromatic rings. The molecule has 1 fully saturated rings. The van der Waals surface area contributed by atoms with Gasteiger partial charge in [0.1, 0.15) is 0 Å². The smallest absolute Gasteiger partial charge is 0.303 e. The fraction of sp³-hybridized carbons (Fsp3) is 0.533. The van der Waals surface area contributed by atoms with Crippen LogP contribution in [0.5, 0.6) is 0 Å². The van der Waals surface area contributed by atoms with Gasteiger partial charge in [-0.15, -0.1) is 0 Å². The molecule has 0 aliphatic carbocycles. The van der Waals surface area contributed by atoms with Gasteiger partial charge in [0.25, 0.3) is 0 Å². The quantitative estimate of drug-likeness (QED) is 0.869. The van der Waals surface area contributed by atoms with E-state index in [1.165, 1.54) is 17.5 Å². The maximum absolute atomic E-state index is 10.6. The van der Waals surface area contributed by atoms with E-state index in [2.05, 4.69) is 36.2 Å². The number of carbonyl (C=O) groups is 1. The zero-order valence-electron chi connectivity index (χ0n) is 10.9. The number of aliphatic carboxylic acids is 1. The van der Waals surface area contributed by atoms with Crippen LogP contribution in [0.15, 0.2) is 24.3 Å². The van der Waals surface area contributed by atoms with E-state index < -0.39 is 5.97 Å². The fourth-order valence-electron chi connectivity index (χ4n) is 2.78. The van der Waals surface area contributed by atoms with Crippen molar-refractivity contribution < 1.29 is 9.90 Å². The Kier molecular flexibility index (Phi) is 4.37. The SMILES string of the molecule is CN1CCC(c2ccccc2CCCC(=O)O)C1. The van der Waals surface area contributed by atoms with E-state index in [-0.39, 0.29) is 6.42 Å². The highest BCUT2D eigenvalue weighted by atomic mass is 16.4. The number of carboxylic acid groups (broad SMARTS) is 1. The Labute approximate surface area is 108 Å². The third-order valence-electron chi connectivity index (χ3n) is 3.72. The highest BCUT2D eigenvalue weighted by Crippen LogP contribution is 2.29. The number of hydrogen-bond acceptors (Lipinski definition) is 2. The average molecular weight is 247 g/mol. The third-order valence-corrected chi connectivity index (χ3v) is 3.72. The van der Waals surface area contributed by atoms with Crippen molar-refractivity contribution in [3.8, 4) is 0 Å². The molecule has 1 saturated heterocycles. The van der Waals surface area contributed by atoms with Crippen LogP contribution in [0.2, 0.25) is 0 Å². The van der Waals surface area contributed by atoms with Gasteiger partial charge >= 0.3 is 5.97 Å². The van der Waals surface area contributed by atoms with E-state index in [4.69, 9.17) is 5.11 Å². The summed E-state index contributed by atoms with van der Waals surface area (Å²) in [4.78, 5) is 12.9. The molecule has 98 valence electrons. The second kappa shape index (κ2) is 6.01. The summed E-state index contributed by atoms with van der Waals surface area (Å²) in [6, 6.07) is 8.50. The van der Waals surface area contributed by atoms with E-state index in [1.54, 1.807) is 0 Å². The second-order valence-corrected chi connectivity index (χ2v) is 5.19. The van der Waals surface area contributed by atoms with Crippen molar-refractivity contribution in [2.75, 3.05) is 20.1 Å². The number of nitrogens with zero attached hydrogens (tertiary/aromatic N) is 1. The van der Waals surface area contributed by atoms with E-state index in [0.29, 0.717) is 5.92 Å². The lowest BCUT2D eigenvalue weighted by Crippen LogP contribution is -2.14. The molecule has 1 N–H and O–H groups in total. The number of likely N-dealkylation sites (tertiary alicyclic amines) is 1. The number of aryl methyl sites for hydroxylation is 1. The number of hydrogen-bond donors (Lipinski definition) is 1. The maximum atomic E-state index is 10.6. The van der Waals surface area contributed by atoms with Gasteiger partial charge in [0.2, 0.25) is 0 Å². The van der Waals surface area contributed by atoms with Crippen molar-refractivity contribution in [2.45, 2.75) is 31.6 Å². The van der Waals surface area contributed by atoms with E-state index in [1.807, 2.05) is 0 Å². The highest BCUT2D eigenvalue weighted by Gasteiger charge is 2.22. The molecule has 1 aliphatic rings. The van der Waals surface area contributed by atoms with Gasteiger partial charge in [-0.25, -0.2) is 0 Å². The lowest BCUT2D eigenvalue weighted by Gasteiger charge is -2.15. The number of benzene rings is 1. The van der Waals surface area contributed by atoms with Crippen LogP contribution in [-0.4, -0.2) is 36.1 Å². The molecule has 1 heterocycles. The highest BCUT2D eigenvalue weighted by molar-refractivity contribution is 5.66. The summed E-state index contributed by atoms with van der Waals surface area (Å²) in [5.41, 5.74) is 2.76. The van der Waals surface area contributed by atoms with Gasteiger partial charge < -0.3 is 10.0 Å². The van der Waals surface area contributed by atoms with E-state index in [9.17, 15) is 4.79 Å². The Morgan fingerprint density at radius 2 is 2.22 bits per heavy atom. The van der Waals surface area contributed by atoms with Crippen molar-refractivity contribution in [1.82, 2.24) is 4.90 Å². The zero-order valence-corrected chi connectivity index (χ0v) is 10.9. The van der Waals surface area contributed by atoms with Crippen LogP contribution < -0.4 is 0 Å². The molecular weight excluding hydrogens is 226 g/mol. The largest absolute Gasteiger partial charge is 0.481 e. The maximum Gasteiger partial charge on any atom is 0.303 e. The lowest BCUT2D eigenvalue weighted by molar-refractivity contribution is -0.137. The van der Waals surface area contributed by atoms with E-state index in [0.717, 1.165) is 25.9 Å². The molecule has 1 atom stereocenters. The van der Waals surface area contributed by atoms with Crippen LogP contribution in [0, 0.1) is 0 Å². The first-order chi connectivity index (χ1) is 8.66. The molecule has 0 spiro atoms. The minimum absolute atomic E-state index is 0.263. The minimum atomic E-state index is -0.701.